The molecule has 0 radical (unpaired) electrons. The highest BCUT2D eigenvalue weighted by atomic mass is 15.3. The molecule has 1 aliphatic heterocycles. The maximum Gasteiger partial charge on any atom is 0.0335 e. The molecule has 2 fully saturated rings. The van der Waals surface area contributed by atoms with Gasteiger partial charge in [0.05, 0.1) is 0 Å². The van der Waals surface area contributed by atoms with Crippen LogP contribution < -0.4 is 5.73 Å². The maximum absolute atomic E-state index is 6.30. The molecule has 2 rings (SSSR count). The largest absolute Gasteiger partial charge is 0.329 e. The molecule has 1 heterocycles. The van der Waals surface area contributed by atoms with E-state index >= 15 is 0 Å². The smallest absolute Gasteiger partial charge is 0.0335 e. The van der Waals surface area contributed by atoms with Crippen LogP contribution in [-0.2, 0) is 0 Å². The van der Waals surface area contributed by atoms with Crippen LogP contribution in [0.3, 0.4) is 0 Å². The normalized spacial score (nSPS) is 41.2. The molecule has 3 heteroatoms. The van der Waals surface area contributed by atoms with E-state index in [9.17, 15) is 0 Å². The fraction of sp³-hybridized carbons (Fsp3) is 1.00. The van der Waals surface area contributed by atoms with Gasteiger partial charge < -0.3 is 5.73 Å². The second kappa shape index (κ2) is 6.33. The Kier molecular flexibility index (Phi) is 5.14. The Hall–Kier alpha value is -0.120. The molecule has 0 aromatic carbocycles. The molecule has 0 aromatic heterocycles. The molecule has 0 amide bonds. The number of rotatable bonds is 3. The minimum Gasteiger partial charge on any atom is -0.329 e. The number of nitrogens with zero attached hydrogens (tertiary/aromatic N) is 2. The highest BCUT2D eigenvalue weighted by Gasteiger charge is 2.43. The Morgan fingerprint density at radius 2 is 1.80 bits per heavy atom. The second-order valence-corrected chi connectivity index (χ2v) is 7.80. The van der Waals surface area contributed by atoms with Crippen LogP contribution in [0.2, 0.25) is 0 Å². The van der Waals surface area contributed by atoms with E-state index in [1.807, 2.05) is 0 Å². The molecule has 2 N–H and O–H groups in total. The summed E-state index contributed by atoms with van der Waals surface area (Å²) in [6.45, 7) is 12.7. The third-order valence-corrected chi connectivity index (χ3v) is 6.21. The summed E-state index contributed by atoms with van der Waals surface area (Å²) < 4.78 is 0. The Morgan fingerprint density at radius 1 is 1.20 bits per heavy atom. The standard InChI is InChI=1S/C17H35N3/c1-13(2)16-7-6-8-17(9-16,12-18)20-10-14(3)19(5)15(4)11-20/h13-16H,6-12,18H2,1-5H3. The third kappa shape index (κ3) is 3.05. The molecule has 118 valence electrons. The summed E-state index contributed by atoms with van der Waals surface area (Å²) in [5.41, 5.74) is 6.58. The summed E-state index contributed by atoms with van der Waals surface area (Å²) in [5, 5.41) is 0. The van der Waals surface area contributed by atoms with Crippen molar-refractivity contribution in [2.75, 3.05) is 26.7 Å². The average Bonchev–Trinajstić information content (AvgIpc) is 2.44. The SMILES string of the molecule is CC(C)C1CCCC(CN)(N2CC(C)N(C)C(C)C2)C1. The number of likely N-dealkylation sites (N-methyl/N-ethyl adjacent to an activating group) is 1. The zero-order chi connectivity index (χ0) is 14.9. The van der Waals surface area contributed by atoms with Gasteiger partial charge in [-0.3, -0.25) is 9.80 Å². The first-order chi connectivity index (χ1) is 9.39. The lowest BCUT2D eigenvalue weighted by atomic mass is 9.70. The van der Waals surface area contributed by atoms with Gasteiger partial charge in [0.2, 0.25) is 0 Å². The first-order valence-corrected chi connectivity index (χ1v) is 8.56. The van der Waals surface area contributed by atoms with Crippen LogP contribution in [0.25, 0.3) is 0 Å². The van der Waals surface area contributed by atoms with E-state index in [0.29, 0.717) is 12.1 Å². The van der Waals surface area contributed by atoms with E-state index < -0.39 is 0 Å². The maximum atomic E-state index is 6.30. The van der Waals surface area contributed by atoms with Crippen molar-refractivity contribution in [3.63, 3.8) is 0 Å². The van der Waals surface area contributed by atoms with Gasteiger partial charge in [0, 0.05) is 37.3 Å². The van der Waals surface area contributed by atoms with Crippen molar-refractivity contribution in [1.29, 1.82) is 0 Å². The molecule has 1 saturated carbocycles. The molecule has 0 aromatic rings. The number of hydrogen-bond acceptors (Lipinski definition) is 3. The summed E-state index contributed by atoms with van der Waals surface area (Å²) >= 11 is 0. The summed E-state index contributed by atoms with van der Waals surface area (Å²) in [6.07, 6.45) is 5.37. The van der Waals surface area contributed by atoms with E-state index in [1.165, 1.54) is 38.8 Å². The summed E-state index contributed by atoms with van der Waals surface area (Å²) in [7, 11) is 2.26. The summed E-state index contributed by atoms with van der Waals surface area (Å²) in [4.78, 5) is 5.26. The molecule has 20 heavy (non-hydrogen) atoms. The molecule has 0 spiro atoms. The predicted molar refractivity (Wildman–Crippen MR) is 86.8 cm³/mol. The first kappa shape index (κ1) is 16.3. The lowest BCUT2D eigenvalue weighted by Crippen LogP contribution is -2.65. The quantitative estimate of drug-likeness (QED) is 0.863. The van der Waals surface area contributed by atoms with E-state index in [0.717, 1.165) is 18.4 Å². The van der Waals surface area contributed by atoms with Crippen LogP contribution in [0.4, 0.5) is 0 Å². The second-order valence-electron chi connectivity index (χ2n) is 7.80. The Morgan fingerprint density at radius 3 is 2.30 bits per heavy atom. The van der Waals surface area contributed by atoms with E-state index in [2.05, 4.69) is 44.5 Å². The van der Waals surface area contributed by atoms with Gasteiger partial charge in [-0.2, -0.15) is 0 Å². The summed E-state index contributed by atoms with van der Waals surface area (Å²) in [5.74, 6) is 1.65. The Labute approximate surface area is 125 Å². The monoisotopic (exact) mass is 281 g/mol. The van der Waals surface area contributed by atoms with Crippen molar-refractivity contribution in [3.05, 3.63) is 0 Å². The first-order valence-electron chi connectivity index (χ1n) is 8.56. The molecule has 4 atom stereocenters. The molecule has 2 aliphatic rings. The van der Waals surface area contributed by atoms with Crippen LogP contribution in [0.5, 0.6) is 0 Å². The molecule has 3 nitrogen and oxygen atoms in total. The molecule has 4 unspecified atom stereocenters. The molecule has 1 aliphatic carbocycles. The van der Waals surface area contributed by atoms with E-state index in [-0.39, 0.29) is 5.54 Å². The molecule has 0 bridgehead atoms. The third-order valence-electron chi connectivity index (χ3n) is 6.21. The van der Waals surface area contributed by atoms with Crippen molar-refractivity contribution in [1.82, 2.24) is 9.80 Å². The van der Waals surface area contributed by atoms with Crippen LogP contribution in [0, 0.1) is 11.8 Å². The summed E-state index contributed by atoms with van der Waals surface area (Å²) in [6, 6.07) is 1.28. The van der Waals surface area contributed by atoms with Crippen LogP contribution in [0.1, 0.15) is 53.4 Å². The van der Waals surface area contributed by atoms with Gasteiger partial charge >= 0.3 is 0 Å². The topological polar surface area (TPSA) is 32.5 Å². The van der Waals surface area contributed by atoms with Gasteiger partial charge in [-0.1, -0.05) is 26.7 Å². The van der Waals surface area contributed by atoms with Crippen LogP contribution in [-0.4, -0.2) is 54.1 Å². The van der Waals surface area contributed by atoms with Crippen molar-refractivity contribution in [2.45, 2.75) is 71.0 Å². The van der Waals surface area contributed by atoms with Gasteiger partial charge in [0.1, 0.15) is 0 Å². The molecule has 1 saturated heterocycles. The highest BCUT2D eigenvalue weighted by molar-refractivity contribution is 5.00. The lowest BCUT2D eigenvalue weighted by Gasteiger charge is -2.54. The van der Waals surface area contributed by atoms with E-state index in [1.54, 1.807) is 0 Å². The van der Waals surface area contributed by atoms with Crippen LogP contribution in [0.15, 0.2) is 0 Å². The van der Waals surface area contributed by atoms with Crippen molar-refractivity contribution < 1.29 is 0 Å². The molecular formula is C17H35N3. The minimum atomic E-state index is 0.275. The van der Waals surface area contributed by atoms with Crippen molar-refractivity contribution in [3.8, 4) is 0 Å². The number of hydrogen-bond donors (Lipinski definition) is 1. The van der Waals surface area contributed by atoms with Gasteiger partial charge in [0.25, 0.3) is 0 Å². The Bertz CT molecular complexity index is 305. The number of nitrogens with two attached hydrogens (primary N) is 1. The fourth-order valence-electron chi connectivity index (χ4n) is 4.35. The van der Waals surface area contributed by atoms with Gasteiger partial charge in [-0.25, -0.2) is 0 Å². The van der Waals surface area contributed by atoms with Gasteiger partial charge in [-0.05, 0) is 45.6 Å². The van der Waals surface area contributed by atoms with Gasteiger partial charge in [-0.15, -0.1) is 0 Å². The van der Waals surface area contributed by atoms with E-state index in [4.69, 9.17) is 5.73 Å². The zero-order valence-corrected chi connectivity index (χ0v) is 14.2. The minimum absolute atomic E-state index is 0.275. The Balaban J connectivity index is 2.14. The van der Waals surface area contributed by atoms with Crippen LogP contribution >= 0.6 is 0 Å². The molecular weight excluding hydrogens is 246 g/mol. The van der Waals surface area contributed by atoms with Crippen molar-refractivity contribution in [2.24, 2.45) is 17.6 Å². The fourth-order valence-corrected chi connectivity index (χ4v) is 4.35. The highest BCUT2D eigenvalue weighted by Crippen LogP contribution is 2.40. The zero-order valence-electron chi connectivity index (χ0n) is 14.2. The average molecular weight is 281 g/mol. The lowest BCUT2D eigenvalue weighted by molar-refractivity contribution is -0.0400. The predicted octanol–water partition coefficient (Wildman–Crippen LogP) is 2.55. The van der Waals surface area contributed by atoms with Crippen molar-refractivity contribution >= 4 is 0 Å². The number of piperazine rings is 1. The van der Waals surface area contributed by atoms with Gasteiger partial charge in [0.15, 0.2) is 0 Å².